The molecule has 1 aliphatic heterocycles. The Morgan fingerprint density at radius 1 is 1.03 bits per heavy atom. The van der Waals surface area contributed by atoms with Crippen molar-refractivity contribution >= 4 is 21.6 Å². The van der Waals surface area contributed by atoms with E-state index in [0.29, 0.717) is 38.3 Å². The summed E-state index contributed by atoms with van der Waals surface area (Å²) in [6.45, 7) is 9.03. The lowest BCUT2D eigenvalue weighted by Crippen LogP contribution is -2.43. The third kappa shape index (κ3) is 4.93. The predicted molar refractivity (Wildman–Crippen MR) is 123 cm³/mol. The number of benzene rings is 2. The molecule has 7 heteroatoms. The van der Waals surface area contributed by atoms with Crippen LogP contribution in [0, 0.1) is 26.7 Å². The van der Waals surface area contributed by atoms with Crippen LogP contribution in [-0.4, -0.2) is 45.4 Å². The highest BCUT2D eigenvalue weighted by Gasteiger charge is 2.33. The molecule has 31 heavy (non-hydrogen) atoms. The van der Waals surface area contributed by atoms with Gasteiger partial charge in [0, 0.05) is 31.7 Å². The number of carbonyl (C=O) groups is 1. The van der Waals surface area contributed by atoms with Crippen molar-refractivity contribution in [2.45, 2.75) is 45.4 Å². The first kappa shape index (κ1) is 23.3. The Morgan fingerprint density at radius 3 is 2.29 bits per heavy atom. The average Bonchev–Trinajstić information content (AvgIpc) is 2.76. The van der Waals surface area contributed by atoms with Gasteiger partial charge in [-0.05, 0) is 87.6 Å². The van der Waals surface area contributed by atoms with Crippen LogP contribution < -0.4 is 9.64 Å². The fourth-order valence-corrected chi connectivity index (χ4v) is 5.48. The van der Waals surface area contributed by atoms with Gasteiger partial charge in [0.1, 0.15) is 5.75 Å². The van der Waals surface area contributed by atoms with Crippen LogP contribution in [0.15, 0.2) is 41.3 Å². The van der Waals surface area contributed by atoms with E-state index in [1.807, 2.05) is 45.9 Å². The summed E-state index contributed by atoms with van der Waals surface area (Å²) in [4.78, 5) is 15.0. The molecule has 168 valence electrons. The van der Waals surface area contributed by atoms with Crippen LogP contribution in [0.2, 0.25) is 0 Å². The highest BCUT2D eigenvalue weighted by Crippen LogP contribution is 2.29. The van der Waals surface area contributed by atoms with Gasteiger partial charge in [0.15, 0.2) is 0 Å². The molecule has 1 aliphatic rings. The third-order valence-electron chi connectivity index (χ3n) is 6.10. The average molecular weight is 445 g/mol. The summed E-state index contributed by atoms with van der Waals surface area (Å²) in [6, 6.07) is 10.9. The summed E-state index contributed by atoms with van der Waals surface area (Å²) < 4.78 is 33.2. The molecule has 3 rings (SSSR count). The van der Waals surface area contributed by atoms with Crippen LogP contribution in [0.1, 0.15) is 36.5 Å². The van der Waals surface area contributed by atoms with Crippen LogP contribution in [0.4, 0.5) is 5.69 Å². The van der Waals surface area contributed by atoms with Crippen molar-refractivity contribution in [3.05, 3.63) is 53.1 Å². The molecule has 1 fully saturated rings. The molecule has 0 aromatic heterocycles. The maximum Gasteiger partial charge on any atom is 0.243 e. The van der Waals surface area contributed by atoms with Gasteiger partial charge in [-0.1, -0.05) is 6.07 Å². The van der Waals surface area contributed by atoms with Gasteiger partial charge in [-0.2, -0.15) is 4.31 Å². The van der Waals surface area contributed by atoms with Gasteiger partial charge in [-0.25, -0.2) is 8.42 Å². The summed E-state index contributed by atoms with van der Waals surface area (Å²) in [5.41, 5.74) is 3.99. The van der Waals surface area contributed by atoms with E-state index in [0.717, 1.165) is 16.8 Å². The van der Waals surface area contributed by atoms with Crippen molar-refractivity contribution in [3.63, 3.8) is 0 Å². The van der Waals surface area contributed by atoms with E-state index >= 15 is 0 Å². The van der Waals surface area contributed by atoms with Crippen molar-refractivity contribution in [1.29, 1.82) is 0 Å². The number of carbonyl (C=O) groups excluding carboxylic acids is 1. The van der Waals surface area contributed by atoms with Gasteiger partial charge >= 0.3 is 0 Å². The maximum absolute atomic E-state index is 13.1. The van der Waals surface area contributed by atoms with Crippen molar-refractivity contribution in [3.8, 4) is 5.75 Å². The second-order valence-electron chi connectivity index (χ2n) is 8.20. The van der Waals surface area contributed by atoms with Crippen molar-refractivity contribution in [1.82, 2.24) is 4.31 Å². The lowest BCUT2D eigenvalue weighted by Gasteiger charge is -2.32. The lowest BCUT2D eigenvalue weighted by atomic mass is 9.96. The number of rotatable bonds is 6. The van der Waals surface area contributed by atoms with E-state index in [9.17, 15) is 13.2 Å². The molecular formula is C24H32N2O4S. The molecule has 0 spiro atoms. The summed E-state index contributed by atoms with van der Waals surface area (Å²) in [5, 5.41) is 0. The zero-order valence-electron chi connectivity index (χ0n) is 19.0. The number of hydrogen-bond donors (Lipinski definition) is 0. The van der Waals surface area contributed by atoms with E-state index in [4.69, 9.17) is 4.74 Å². The number of ether oxygens (including phenoxy) is 1. The molecule has 2 aromatic carbocycles. The molecule has 0 atom stereocenters. The topological polar surface area (TPSA) is 66.9 Å². The molecule has 0 saturated carbocycles. The van der Waals surface area contributed by atoms with E-state index in [2.05, 4.69) is 0 Å². The van der Waals surface area contributed by atoms with Crippen molar-refractivity contribution < 1.29 is 17.9 Å². The fourth-order valence-electron chi connectivity index (χ4n) is 3.93. The molecule has 1 heterocycles. The van der Waals surface area contributed by atoms with Crippen molar-refractivity contribution in [2.75, 3.05) is 31.6 Å². The van der Waals surface area contributed by atoms with Gasteiger partial charge in [-0.15, -0.1) is 0 Å². The third-order valence-corrected chi connectivity index (χ3v) is 7.99. The van der Waals surface area contributed by atoms with Crippen LogP contribution in [-0.2, 0) is 14.8 Å². The summed E-state index contributed by atoms with van der Waals surface area (Å²) in [5.74, 6) is 0.553. The molecule has 0 N–H and O–H groups in total. The molecule has 0 unspecified atom stereocenters. The lowest BCUT2D eigenvalue weighted by molar-refractivity contribution is -0.123. The predicted octanol–water partition coefficient (Wildman–Crippen LogP) is 4.07. The zero-order chi connectivity index (χ0) is 22.8. The zero-order valence-corrected chi connectivity index (χ0v) is 19.8. The quantitative estimate of drug-likeness (QED) is 0.674. The summed E-state index contributed by atoms with van der Waals surface area (Å²) >= 11 is 0. The minimum Gasteiger partial charge on any atom is -0.494 e. The first-order valence-corrected chi connectivity index (χ1v) is 12.2. The molecule has 6 nitrogen and oxygen atoms in total. The van der Waals surface area contributed by atoms with E-state index in [-0.39, 0.29) is 16.7 Å². The van der Waals surface area contributed by atoms with Crippen LogP contribution in [0.5, 0.6) is 5.75 Å². The number of anilines is 1. The van der Waals surface area contributed by atoms with Crippen LogP contribution in [0.25, 0.3) is 0 Å². The second-order valence-corrected chi connectivity index (χ2v) is 10.1. The number of sulfonamides is 1. The molecule has 1 amide bonds. The van der Waals surface area contributed by atoms with E-state index in [1.165, 1.54) is 9.87 Å². The minimum absolute atomic E-state index is 0.0391. The molecular weight excluding hydrogens is 412 g/mol. The maximum atomic E-state index is 13.1. The Bertz CT molecular complexity index is 1060. The molecule has 0 aliphatic carbocycles. The Kier molecular flexibility index (Phi) is 7.06. The minimum atomic E-state index is -3.60. The van der Waals surface area contributed by atoms with Gasteiger partial charge in [0.25, 0.3) is 0 Å². The molecule has 1 saturated heterocycles. The Labute approximate surface area is 185 Å². The summed E-state index contributed by atoms with van der Waals surface area (Å²) in [6.07, 6.45) is 1.03. The number of aryl methyl sites for hydroxylation is 3. The smallest absolute Gasteiger partial charge is 0.243 e. The molecule has 0 bridgehead atoms. The van der Waals surface area contributed by atoms with E-state index < -0.39 is 10.0 Å². The largest absolute Gasteiger partial charge is 0.494 e. The van der Waals surface area contributed by atoms with Crippen LogP contribution >= 0.6 is 0 Å². The highest BCUT2D eigenvalue weighted by molar-refractivity contribution is 7.89. The first-order chi connectivity index (χ1) is 14.6. The summed E-state index contributed by atoms with van der Waals surface area (Å²) in [7, 11) is -1.81. The van der Waals surface area contributed by atoms with Crippen molar-refractivity contribution in [2.24, 2.45) is 5.92 Å². The highest BCUT2D eigenvalue weighted by atomic mass is 32.2. The second kappa shape index (κ2) is 9.40. The number of nitrogens with zero attached hydrogens (tertiary/aromatic N) is 2. The Balaban J connectivity index is 1.67. The molecule has 2 aromatic rings. The number of hydrogen-bond acceptors (Lipinski definition) is 4. The van der Waals surface area contributed by atoms with Crippen LogP contribution in [0.3, 0.4) is 0 Å². The fraction of sp³-hybridized carbons (Fsp3) is 0.458. The standard InChI is InChI=1S/C24H32N2O4S/c1-6-30-23-10-9-22(16-19(23)4)31(28,29)26-13-11-20(12-14-26)24(27)25(5)21-8-7-17(2)18(3)15-21/h7-10,15-16,20H,6,11-14H2,1-5H3. The van der Waals surface area contributed by atoms with Gasteiger partial charge in [-0.3, -0.25) is 4.79 Å². The Morgan fingerprint density at radius 2 is 1.71 bits per heavy atom. The SMILES string of the molecule is CCOc1ccc(S(=O)(=O)N2CCC(C(=O)N(C)c3ccc(C)c(C)c3)CC2)cc1C. The van der Waals surface area contributed by atoms with Gasteiger partial charge in [0.2, 0.25) is 15.9 Å². The first-order valence-electron chi connectivity index (χ1n) is 10.7. The number of amides is 1. The van der Waals surface area contributed by atoms with Gasteiger partial charge in [0.05, 0.1) is 11.5 Å². The normalized spacial score (nSPS) is 15.6. The number of piperidine rings is 1. The van der Waals surface area contributed by atoms with Gasteiger partial charge < -0.3 is 9.64 Å². The Hall–Kier alpha value is -2.38. The van der Waals surface area contributed by atoms with E-state index in [1.54, 1.807) is 30.1 Å². The molecule has 0 radical (unpaired) electrons. The monoisotopic (exact) mass is 444 g/mol.